The third-order valence-corrected chi connectivity index (χ3v) is 5.59. The van der Waals surface area contributed by atoms with Gasteiger partial charge in [-0.2, -0.15) is 17.5 Å². The van der Waals surface area contributed by atoms with Crippen molar-refractivity contribution in [1.29, 1.82) is 0 Å². The summed E-state index contributed by atoms with van der Waals surface area (Å²) in [6, 6.07) is 3.69. The van der Waals surface area contributed by atoms with Crippen molar-refractivity contribution in [1.82, 2.24) is 9.21 Å². The summed E-state index contributed by atoms with van der Waals surface area (Å²) in [4.78, 5) is 12.7. The summed E-state index contributed by atoms with van der Waals surface area (Å²) in [5.41, 5.74) is -1.00. The lowest BCUT2D eigenvalue weighted by Crippen LogP contribution is -2.50. The Bertz CT molecular complexity index is 681. The highest BCUT2D eigenvalue weighted by Gasteiger charge is 2.34. The van der Waals surface area contributed by atoms with Crippen molar-refractivity contribution in [3.63, 3.8) is 0 Å². The number of rotatable bonds is 3. The molecule has 0 bridgehead atoms. The van der Waals surface area contributed by atoms with Crippen molar-refractivity contribution in [2.45, 2.75) is 24.4 Å². The number of hydrogen-bond acceptors (Lipinski definition) is 3. The zero-order valence-electron chi connectivity index (χ0n) is 12.5. The second-order valence-corrected chi connectivity index (χ2v) is 7.10. The Kier molecular flexibility index (Phi) is 5.00. The predicted octanol–water partition coefficient (Wildman–Crippen LogP) is 1.95. The molecular formula is C14H17F3N2O3S. The Balaban J connectivity index is 2.19. The van der Waals surface area contributed by atoms with Gasteiger partial charge in [-0.1, -0.05) is 13.0 Å². The third-order valence-electron chi connectivity index (χ3n) is 3.69. The molecule has 0 spiro atoms. The highest BCUT2D eigenvalue weighted by atomic mass is 32.2. The number of piperazine rings is 1. The maximum Gasteiger partial charge on any atom is 0.416 e. The third kappa shape index (κ3) is 3.84. The van der Waals surface area contributed by atoms with Crippen LogP contribution in [0.1, 0.15) is 18.9 Å². The van der Waals surface area contributed by atoms with Gasteiger partial charge in [-0.3, -0.25) is 4.79 Å². The summed E-state index contributed by atoms with van der Waals surface area (Å²) in [5.74, 6) is -0.0684. The smallest absolute Gasteiger partial charge is 0.340 e. The number of halogens is 3. The molecule has 0 saturated carbocycles. The highest BCUT2D eigenvalue weighted by Crippen LogP contribution is 2.31. The molecule has 128 valence electrons. The zero-order chi connectivity index (χ0) is 17.3. The molecule has 1 fully saturated rings. The van der Waals surface area contributed by atoms with Crippen LogP contribution < -0.4 is 0 Å². The lowest BCUT2D eigenvalue weighted by Gasteiger charge is -2.34. The molecule has 9 heteroatoms. The number of hydrogen-bond donors (Lipinski definition) is 0. The lowest BCUT2D eigenvalue weighted by molar-refractivity contribution is -0.137. The van der Waals surface area contributed by atoms with Gasteiger partial charge in [0, 0.05) is 32.6 Å². The van der Waals surface area contributed by atoms with Crippen molar-refractivity contribution in [2.75, 3.05) is 26.2 Å². The van der Waals surface area contributed by atoms with Crippen molar-refractivity contribution in [2.24, 2.45) is 0 Å². The first-order valence-electron chi connectivity index (χ1n) is 7.11. The van der Waals surface area contributed by atoms with Crippen molar-refractivity contribution >= 4 is 15.9 Å². The monoisotopic (exact) mass is 350 g/mol. The maximum atomic E-state index is 12.7. The molecule has 0 aliphatic carbocycles. The summed E-state index contributed by atoms with van der Waals surface area (Å²) in [6.07, 6.45) is -4.27. The summed E-state index contributed by atoms with van der Waals surface area (Å²) >= 11 is 0. The Labute approximate surface area is 132 Å². The van der Waals surface area contributed by atoms with E-state index in [4.69, 9.17) is 0 Å². The van der Waals surface area contributed by atoms with E-state index in [-0.39, 0.29) is 37.0 Å². The van der Waals surface area contributed by atoms with E-state index in [1.807, 2.05) is 0 Å². The van der Waals surface area contributed by atoms with Gasteiger partial charge in [0.05, 0.1) is 10.5 Å². The Morgan fingerprint density at radius 3 is 2.30 bits per heavy atom. The van der Waals surface area contributed by atoms with Crippen molar-refractivity contribution in [3.8, 4) is 0 Å². The van der Waals surface area contributed by atoms with Crippen LogP contribution in [-0.2, 0) is 21.0 Å². The molecule has 0 aromatic heterocycles. The average Bonchev–Trinajstić information content (AvgIpc) is 2.53. The van der Waals surface area contributed by atoms with Crippen LogP contribution >= 0.6 is 0 Å². The average molecular weight is 350 g/mol. The molecule has 1 saturated heterocycles. The molecule has 2 rings (SSSR count). The fraction of sp³-hybridized carbons (Fsp3) is 0.500. The number of alkyl halides is 3. The molecule has 0 atom stereocenters. The highest BCUT2D eigenvalue weighted by molar-refractivity contribution is 7.89. The summed E-state index contributed by atoms with van der Waals surface area (Å²) < 4.78 is 64.2. The topological polar surface area (TPSA) is 57.7 Å². The van der Waals surface area contributed by atoms with Gasteiger partial charge in [0.25, 0.3) is 0 Å². The van der Waals surface area contributed by atoms with E-state index in [1.165, 1.54) is 0 Å². The van der Waals surface area contributed by atoms with Crippen LogP contribution in [0.2, 0.25) is 0 Å². The van der Waals surface area contributed by atoms with E-state index < -0.39 is 21.8 Å². The van der Waals surface area contributed by atoms with E-state index in [0.29, 0.717) is 12.5 Å². The second kappa shape index (κ2) is 6.48. The minimum atomic E-state index is -4.60. The fourth-order valence-electron chi connectivity index (χ4n) is 2.38. The second-order valence-electron chi connectivity index (χ2n) is 5.16. The van der Waals surface area contributed by atoms with E-state index >= 15 is 0 Å². The van der Waals surface area contributed by atoms with E-state index in [9.17, 15) is 26.4 Å². The molecule has 1 aromatic rings. The van der Waals surface area contributed by atoms with Crippen LogP contribution in [0.5, 0.6) is 0 Å². The lowest BCUT2D eigenvalue weighted by atomic mass is 10.2. The van der Waals surface area contributed by atoms with Crippen molar-refractivity contribution in [3.05, 3.63) is 29.8 Å². The van der Waals surface area contributed by atoms with Crippen molar-refractivity contribution < 1.29 is 26.4 Å². The van der Waals surface area contributed by atoms with Gasteiger partial charge < -0.3 is 4.90 Å². The van der Waals surface area contributed by atoms with Crippen LogP contribution in [0.3, 0.4) is 0 Å². The number of carbonyl (C=O) groups excluding carboxylic acids is 1. The molecule has 1 amide bonds. The van der Waals surface area contributed by atoms with Crippen LogP contribution in [0.4, 0.5) is 13.2 Å². The molecule has 5 nitrogen and oxygen atoms in total. The first-order chi connectivity index (χ1) is 10.7. The Morgan fingerprint density at radius 1 is 1.17 bits per heavy atom. The van der Waals surface area contributed by atoms with Crippen LogP contribution in [-0.4, -0.2) is 49.7 Å². The molecule has 1 aromatic carbocycles. The molecule has 1 aliphatic rings. The summed E-state index contributed by atoms with van der Waals surface area (Å²) in [5, 5.41) is 0. The van der Waals surface area contributed by atoms with Gasteiger partial charge in [-0.05, 0) is 18.2 Å². The predicted molar refractivity (Wildman–Crippen MR) is 77.1 cm³/mol. The maximum absolute atomic E-state index is 12.7. The molecule has 23 heavy (non-hydrogen) atoms. The van der Waals surface area contributed by atoms with Gasteiger partial charge in [0.15, 0.2) is 0 Å². The minimum Gasteiger partial charge on any atom is -0.340 e. The van der Waals surface area contributed by atoms with Gasteiger partial charge in [-0.15, -0.1) is 0 Å². The van der Waals surface area contributed by atoms with E-state index in [0.717, 1.165) is 22.5 Å². The van der Waals surface area contributed by atoms with E-state index in [1.54, 1.807) is 11.8 Å². The quantitative estimate of drug-likeness (QED) is 0.837. The first-order valence-corrected chi connectivity index (χ1v) is 8.55. The standard InChI is InChI=1S/C14H17F3N2O3S/c1-2-13(20)18-6-8-19(9-7-18)23(21,22)12-5-3-4-11(10-12)14(15,16)17/h3-5,10H,2,6-9H2,1H3. The van der Waals surface area contributed by atoms with E-state index in [2.05, 4.69) is 0 Å². The molecule has 1 heterocycles. The van der Waals surface area contributed by atoms with Gasteiger partial charge >= 0.3 is 6.18 Å². The van der Waals surface area contributed by atoms with Crippen LogP contribution in [0, 0.1) is 0 Å². The number of nitrogens with zero attached hydrogens (tertiary/aromatic N) is 2. The van der Waals surface area contributed by atoms with Gasteiger partial charge in [0.2, 0.25) is 15.9 Å². The number of benzene rings is 1. The van der Waals surface area contributed by atoms with Crippen LogP contribution in [0.25, 0.3) is 0 Å². The number of carbonyl (C=O) groups is 1. The Morgan fingerprint density at radius 2 is 1.78 bits per heavy atom. The summed E-state index contributed by atoms with van der Waals surface area (Å²) in [6.45, 7) is 2.35. The largest absolute Gasteiger partial charge is 0.416 e. The van der Waals surface area contributed by atoms with Crippen LogP contribution in [0.15, 0.2) is 29.2 Å². The normalized spacial score (nSPS) is 17.3. The SMILES string of the molecule is CCC(=O)N1CCN(S(=O)(=O)c2cccc(C(F)(F)F)c2)CC1. The summed E-state index contributed by atoms with van der Waals surface area (Å²) in [7, 11) is -4.01. The molecular weight excluding hydrogens is 333 g/mol. The van der Waals surface area contributed by atoms with Gasteiger partial charge in [-0.25, -0.2) is 8.42 Å². The first kappa shape index (κ1) is 17.7. The Hall–Kier alpha value is -1.61. The molecule has 1 aliphatic heterocycles. The number of sulfonamides is 1. The number of amides is 1. The molecule has 0 N–H and O–H groups in total. The minimum absolute atomic E-state index is 0.0684. The zero-order valence-corrected chi connectivity index (χ0v) is 13.3. The van der Waals surface area contributed by atoms with Gasteiger partial charge in [0.1, 0.15) is 0 Å². The molecule has 0 radical (unpaired) electrons. The fourth-order valence-corrected chi connectivity index (χ4v) is 3.85. The molecule has 0 unspecified atom stereocenters.